The third-order valence-electron chi connectivity index (χ3n) is 5.04. The van der Waals surface area contributed by atoms with E-state index in [9.17, 15) is 23.1 Å². The molecule has 0 bridgehead atoms. The molecular formula is C21H20F3N5O2S. The van der Waals surface area contributed by atoms with Gasteiger partial charge in [-0.25, -0.2) is 9.97 Å². The molecule has 1 unspecified atom stereocenters. The number of hydrogen-bond donors (Lipinski definition) is 3. The molecule has 3 N–H and O–H groups in total. The van der Waals surface area contributed by atoms with Gasteiger partial charge in [-0.2, -0.15) is 18.2 Å². The lowest BCUT2D eigenvalue weighted by Crippen LogP contribution is -2.30. The Balaban J connectivity index is 1.73. The lowest BCUT2D eigenvalue weighted by molar-refractivity contribution is -0.115. The molecule has 1 aliphatic rings. The Morgan fingerprint density at radius 1 is 1.25 bits per heavy atom. The van der Waals surface area contributed by atoms with Crippen molar-refractivity contribution in [2.75, 3.05) is 17.2 Å². The summed E-state index contributed by atoms with van der Waals surface area (Å²) in [6.07, 6.45) is -3.63. The second-order valence-electron chi connectivity index (χ2n) is 7.51. The summed E-state index contributed by atoms with van der Waals surface area (Å²) in [5.41, 5.74) is 2.22. The molecule has 0 saturated carbocycles. The number of nitrogens with one attached hydrogen (secondary N) is 2. The van der Waals surface area contributed by atoms with Gasteiger partial charge in [-0.15, -0.1) is 11.3 Å². The summed E-state index contributed by atoms with van der Waals surface area (Å²) < 4.78 is 39.0. The Bertz CT molecular complexity index is 1170. The van der Waals surface area contributed by atoms with Gasteiger partial charge in [0.15, 0.2) is 5.78 Å². The van der Waals surface area contributed by atoms with Crippen LogP contribution in [0.1, 0.15) is 19.0 Å². The summed E-state index contributed by atoms with van der Waals surface area (Å²) in [5.74, 6) is -0.103. The van der Waals surface area contributed by atoms with E-state index in [4.69, 9.17) is 0 Å². The zero-order valence-corrected chi connectivity index (χ0v) is 18.0. The van der Waals surface area contributed by atoms with Crippen LogP contribution in [0.5, 0.6) is 0 Å². The highest BCUT2D eigenvalue weighted by atomic mass is 32.1. The molecule has 0 spiro atoms. The van der Waals surface area contributed by atoms with Crippen molar-refractivity contribution < 1.29 is 23.1 Å². The molecule has 1 aromatic carbocycles. The van der Waals surface area contributed by atoms with E-state index in [1.165, 1.54) is 24.3 Å². The molecule has 32 heavy (non-hydrogen) atoms. The van der Waals surface area contributed by atoms with Crippen LogP contribution in [0.15, 0.2) is 35.9 Å². The minimum Gasteiger partial charge on any atom is -0.387 e. The number of carbonyl (C=O) groups is 1. The second kappa shape index (κ2) is 8.47. The number of rotatable bonds is 6. The number of thiazole rings is 1. The number of fused-ring (bicyclic) bond motifs is 1. The zero-order valence-electron chi connectivity index (χ0n) is 17.2. The van der Waals surface area contributed by atoms with E-state index < -0.39 is 24.9 Å². The van der Waals surface area contributed by atoms with Gasteiger partial charge in [-0.05, 0) is 44.1 Å². The Morgan fingerprint density at radius 3 is 2.66 bits per heavy atom. The minimum atomic E-state index is -4.43. The number of carbonyl (C=O) groups excluding carboxylic acids is 1. The molecule has 4 rings (SSSR count). The van der Waals surface area contributed by atoms with Crippen LogP contribution in [0.25, 0.3) is 20.8 Å². The number of alkyl halides is 3. The van der Waals surface area contributed by atoms with Gasteiger partial charge < -0.3 is 15.7 Å². The predicted octanol–water partition coefficient (Wildman–Crippen LogP) is 4.10. The summed E-state index contributed by atoms with van der Waals surface area (Å²) in [7, 11) is 0. The molecule has 2 heterocycles. The maximum absolute atomic E-state index is 12.7. The van der Waals surface area contributed by atoms with E-state index in [2.05, 4.69) is 25.6 Å². The van der Waals surface area contributed by atoms with Crippen molar-refractivity contribution in [2.45, 2.75) is 38.6 Å². The first kappa shape index (κ1) is 22.2. The zero-order chi connectivity index (χ0) is 23.0. The van der Waals surface area contributed by atoms with Crippen LogP contribution in [0, 0.1) is 6.92 Å². The smallest absolute Gasteiger partial charge is 0.387 e. The molecule has 1 aliphatic carbocycles. The SMILES string of the molecule is CC(=O)C1=C[C@@H](O)C(Nc2nc(NCC(F)(F)F)nc(C)c2-c2nc3ccccc3s2)C1. The number of nitrogens with zero attached hydrogens (tertiary/aromatic N) is 3. The van der Waals surface area contributed by atoms with Crippen molar-refractivity contribution >= 4 is 39.1 Å². The maximum atomic E-state index is 12.7. The van der Waals surface area contributed by atoms with E-state index in [0.717, 1.165) is 10.2 Å². The standard InChI is InChI=1S/C21H20F3N5O2S/c1-10-17(19-28-13-5-3-4-6-16(13)32-19)18(29-20(26-10)25-9-21(22,23)24)27-14-7-12(11(2)30)8-15(14)31/h3-6,8,14-15,31H,7,9H2,1-2H3,(H2,25,26,27,29)/t14?,15-/m1/s1. The number of ketones is 1. The number of aryl methyl sites for hydroxylation is 1. The highest BCUT2D eigenvalue weighted by Gasteiger charge is 2.31. The van der Waals surface area contributed by atoms with Crippen LogP contribution < -0.4 is 10.6 Å². The van der Waals surface area contributed by atoms with E-state index in [1.807, 2.05) is 24.3 Å². The number of benzene rings is 1. The maximum Gasteiger partial charge on any atom is 0.405 e. The number of para-hydroxylation sites is 1. The van der Waals surface area contributed by atoms with Crippen molar-refractivity contribution in [3.05, 3.63) is 41.6 Å². The predicted molar refractivity (Wildman–Crippen MR) is 117 cm³/mol. The van der Waals surface area contributed by atoms with Crippen LogP contribution in [0.3, 0.4) is 0 Å². The summed E-state index contributed by atoms with van der Waals surface area (Å²) >= 11 is 1.41. The fourth-order valence-corrected chi connectivity index (χ4v) is 4.56. The molecule has 11 heteroatoms. The van der Waals surface area contributed by atoms with E-state index in [1.54, 1.807) is 6.92 Å². The molecule has 0 fully saturated rings. The first-order valence-corrected chi connectivity index (χ1v) is 10.6. The summed E-state index contributed by atoms with van der Waals surface area (Å²) in [5, 5.41) is 16.3. The molecule has 2 aromatic heterocycles. The van der Waals surface area contributed by atoms with Crippen molar-refractivity contribution in [2.24, 2.45) is 0 Å². The lowest BCUT2D eigenvalue weighted by Gasteiger charge is -2.21. The second-order valence-corrected chi connectivity index (χ2v) is 8.54. The molecule has 0 aliphatic heterocycles. The first-order chi connectivity index (χ1) is 15.1. The lowest BCUT2D eigenvalue weighted by atomic mass is 10.1. The third-order valence-corrected chi connectivity index (χ3v) is 6.10. The van der Waals surface area contributed by atoms with Crippen LogP contribution in [0.2, 0.25) is 0 Å². The van der Waals surface area contributed by atoms with Gasteiger partial charge >= 0.3 is 6.18 Å². The van der Waals surface area contributed by atoms with Gasteiger partial charge in [0.2, 0.25) is 5.95 Å². The first-order valence-electron chi connectivity index (χ1n) is 9.82. The fraction of sp³-hybridized carbons (Fsp3) is 0.333. The number of anilines is 2. The third kappa shape index (κ3) is 4.73. The van der Waals surface area contributed by atoms with Crippen LogP contribution in [0.4, 0.5) is 24.9 Å². The van der Waals surface area contributed by atoms with Crippen LogP contribution >= 0.6 is 11.3 Å². The molecular weight excluding hydrogens is 443 g/mol. The quantitative estimate of drug-likeness (QED) is 0.506. The Morgan fingerprint density at radius 2 is 2.00 bits per heavy atom. The fourth-order valence-electron chi connectivity index (χ4n) is 3.49. The van der Waals surface area contributed by atoms with Crippen LogP contribution in [-0.4, -0.2) is 50.7 Å². The van der Waals surface area contributed by atoms with Gasteiger partial charge in [-0.1, -0.05) is 12.1 Å². The Kier molecular flexibility index (Phi) is 5.87. The molecule has 3 aromatic rings. The van der Waals surface area contributed by atoms with Gasteiger partial charge in [0.25, 0.3) is 0 Å². The van der Waals surface area contributed by atoms with Gasteiger partial charge in [0, 0.05) is 0 Å². The highest BCUT2D eigenvalue weighted by molar-refractivity contribution is 7.21. The van der Waals surface area contributed by atoms with Gasteiger partial charge in [0.1, 0.15) is 17.4 Å². The van der Waals surface area contributed by atoms with Crippen molar-refractivity contribution in [1.82, 2.24) is 15.0 Å². The number of Topliss-reactive ketones (excluding diaryl/α,β-unsaturated/α-hetero) is 1. The van der Waals surface area contributed by atoms with Gasteiger partial charge in [0.05, 0.1) is 33.6 Å². The number of halogens is 3. The topological polar surface area (TPSA) is 100 Å². The largest absolute Gasteiger partial charge is 0.405 e. The number of hydrogen-bond acceptors (Lipinski definition) is 8. The Labute approximate surface area is 185 Å². The summed E-state index contributed by atoms with van der Waals surface area (Å²) in [6.45, 7) is 1.80. The molecule has 2 atom stereocenters. The normalized spacial score (nSPS) is 18.6. The molecule has 0 amide bonds. The van der Waals surface area contributed by atoms with E-state index in [-0.39, 0.29) is 24.0 Å². The van der Waals surface area contributed by atoms with Crippen molar-refractivity contribution in [3.63, 3.8) is 0 Å². The minimum absolute atomic E-state index is 0.147. The summed E-state index contributed by atoms with van der Waals surface area (Å²) in [4.78, 5) is 24.8. The monoisotopic (exact) mass is 463 g/mol. The number of aliphatic hydroxyl groups excluding tert-OH is 1. The molecule has 0 saturated heterocycles. The average molecular weight is 463 g/mol. The highest BCUT2D eigenvalue weighted by Crippen LogP contribution is 2.37. The van der Waals surface area contributed by atoms with Gasteiger partial charge in [-0.3, -0.25) is 4.79 Å². The molecule has 168 valence electrons. The number of aliphatic hydroxyl groups is 1. The average Bonchev–Trinajstić information content (AvgIpc) is 3.29. The van der Waals surface area contributed by atoms with E-state index >= 15 is 0 Å². The molecule has 0 radical (unpaired) electrons. The Hall–Kier alpha value is -3.05. The van der Waals surface area contributed by atoms with Crippen molar-refractivity contribution in [3.8, 4) is 10.6 Å². The number of aromatic nitrogens is 3. The van der Waals surface area contributed by atoms with Crippen LogP contribution in [-0.2, 0) is 4.79 Å². The van der Waals surface area contributed by atoms with E-state index in [0.29, 0.717) is 21.8 Å². The summed E-state index contributed by atoms with van der Waals surface area (Å²) in [6, 6.07) is 6.97. The van der Waals surface area contributed by atoms with Crippen molar-refractivity contribution in [1.29, 1.82) is 0 Å². The molecule has 7 nitrogen and oxygen atoms in total.